The van der Waals surface area contributed by atoms with Gasteiger partial charge in [-0.15, -0.1) is 16.9 Å². The molecule has 6 rings (SSSR count). The third-order valence-electron chi connectivity index (χ3n) is 8.72. The van der Waals surface area contributed by atoms with Gasteiger partial charge >= 0.3 is 6.18 Å². The summed E-state index contributed by atoms with van der Waals surface area (Å²) in [5, 5.41) is 20.0. The third kappa shape index (κ3) is 9.47. The number of nitrogens with zero attached hydrogens (tertiary/aromatic N) is 4. The van der Waals surface area contributed by atoms with Crippen LogP contribution >= 0.6 is 11.8 Å². The summed E-state index contributed by atoms with van der Waals surface area (Å²) in [4.78, 5) is 17.1. The maximum atomic E-state index is 14.5. The molecule has 0 atom stereocenters. The van der Waals surface area contributed by atoms with Crippen LogP contribution in [-0.4, -0.2) is 73.0 Å². The van der Waals surface area contributed by atoms with E-state index in [2.05, 4.69) is 26.5 Å². The number of halogens is 3. The number of sulfonamides is 1. The minimum atomic E-state index is -4.90. The van der Waals surface area contributed by atoms with Crippen molar-refractivity contribution in [3.05, 3.63) is 126 Å². The van der Waals surface area contributed by atoms with Crippen molar-refractivity contribution in [1.82, 2.24) is 19.8 Å². The number of hydrogen-bond acceptors (Lipinski definition) is 10. The number of hydrogen-bond donors (Lipinski definition) is 3. The molecule has 15 heteroatoms. The molecular formula is C38H37F3N6O4S2. The summed E-state index contributed by atoms with van der Waals surface area (Å²) < 4.78 is 73.0. The van der Waals surface area contributed by atoms with E-state index in [0.29, 0.717) is 44.5 Å². The first-order valence-electron chi connectivity index (χ1n) is 16.8. The van der Waals surface area contributed by atoms with E-state index in [1.54, 1.807) is 23.1 Å². The molecule has 276 valence electrons. The fourth-order valence-corrected chi connectivity index (χ4v) is 8.15. The van der Waals surface area contributed by atoms with E-state index < -0.39 is 32.6 Å². The van der Waals surface area contributed by atoms with E-state index in [9.17, 15) is 31.5 Å². The number of rotatable bonds is 12. The van der Waals surface area contributed by atoms with Crippen molar-refractivity contribution in [2.24, 2.45) is 0 Å². The number of anilines is 2. The number of aryl methyl sites for hydroxylation is 1. The summed E-state index contributed by atoms with van der Waals surface area (Å²) in [5.41, 5.74) is 2.32. The van der Waals surface area contributed by atoms with Crippen molar-refractivity contribution in [3.8, 4) is 16.9 Å². The summed E-state index contributed by atoms with van der Waals surface area (Å²) in [6.07, 6.45) is -3.60. The topological polar surface area (TPSA) is 128 Å². The molecule has 0 unspecified atom stereocenters. The molecule has 0 aliphatic carbocycles. The number of alkyl halides is 3. The van der Waals surface area contributed by atoms with E-state index in [4.69, 9.17) is 0 Å². The minimum Gasteiger partial charge on any atom is -0.508 e. The molecule has 0 bridgehead atoms. The van der Waals surface area contributed by atoms with E-state index in [1.807, 2.05) is 60.2 Å². The Hall–Kier alpha value is -5.12. The van der Waals surface area contributed by atoms with Gasteiger partial charge in [-0.1, -0.05) is 48.5 Å². The Balaban J connectivity index is 1.24. The molecule has 0 saturated carbocycles. The number of benzene rings is 4. The standard InChI is InChI=1S/C38H37F3N6O4S2/c1-26-21-27(12-13-31(26)28-7-5-8-29(48)22-28)25-46-16-18-47(19-17-46)35-24-34(42-15-20-52-30-9-3-2-4-10-30)32(38(39,40)41)23-36(35)53(50,51)45-37(49)33-11-6-14-43-44-33/h2-14,21-24,42,48H,15-20,25H2,1H3,(H,45,49). The first-order chi connectivity index (χ1) is 25.4. The zero-order chi connectivity index (χ0) is 37.6. The highest BCUT2D eigenvalue weighted by Gasteiger charge is 2.38. The Kier molecular flexibility index (Phi) is 11.6. The summed E-state index contributed by atoms with van der Waals surface area (Å²) in [7, 11) is -4.82. The fraction of sp³-hybridized carbons (Fsp3) is 0.237. The number of nitrogens with one attached hydrogen (secondary N) is 2. The molecule has 4 aromatic carbocycles. The first kappa shape index (κ1) is 37.6. The zero-order valence-electron chi connectivity index (χ0n) is 28.7. The van der Waals surface area contributed by atoms with Gasteiger partial charge in [0.2, 0.25) is 0 Å². The van der Waals surface area contributed by atoms with Gasteiger partial charge in [-0.3, -0.25) is 9.69 Å². The van der Waals surface area contributed by atoms with Crippen molar-refractivity contribution >= 4 is 39.1 Å². The SMILES string of the molecule is Cc1cc(CN2CCN(c3cc(NCCSc4ccccc4)c(C(F)(F)F)cc3S(=O)(=O)NC(=O)c3cccnn3)CC2)ccc1-c1cccc(O)c1. The van der Waals surface area contributed by atoms with Crippen LogP contribution in [0.4, 0.5) is 24.5 Å². The lowest BCUT2D eigenvalue weighted by atomic mass is 9.98. The number of aromatic nitrogens is 2. The van der Waals surface area contributed by atoms with Gasteiger partial charge in [0, 0.05) is 61.8 Å². The molecule has 2 heterocycles. The average molecular weight is 763 g/mol. The highest BCUT2D eigenvalue weighted by molar-refractivity contribution is 7.99. The molecule has 1 aliphatic heterocycles. The van der Waals surface area contributed by atoms with Crippen LogP contribution in [0.1, 0.15) is 27.2 Å². The van der Waals surface area contributed by atoms with Crippen molar-refractivity contribution < 1.29 is 31.5 Å². The second-order valence-corrected chi connectivity index (χ2v) is 15.3. The van der Waals surface area contributed by atoms with Crippen LogP contribution in [0.3, 0.4) is 0 Å². The van der Waals surface area contributed by atoms with Crippen LogP contribution in [0.2, 0.25) is 0 Å². The molecule has 1 aliphatic rings. The average Bonchev–Trinajstić information content (AvgIpc) is 3.13. The summed E-state index contributed by atoms with van der Waals surface area (Å²) >= 11 is 1.48. The second-order valence-electron chi connectivity index (χ2n) is 12.5. The van der Waals surface area contributed by atoms with Gasteiger partial charge in [0.05, 0.1) is 11.3 Å². The van der Waals surface area contributed by atoms with Gasteiger partial charge in [-0.25, -0.2) is 13.1 Å². The number of thioether (sulfide) groups is 1. The Morgan fingerprint density at radius 1 is 0.925 bits per heavy atom. The van der Waals surface area contributed by atoms with Crippen LogP contribution < -0.4 is 14.9 Å². The number of phenolic OH excluding ortho intramolecular Hbond substituents is 1. The van der Waals surface area contributed by atoms with Gasteiger partial charge in [-0.05, 0) is 77.7 Å². The van der Waals surface area contributed by atoms with E-state index in [0.717, 1.165) is 27.1 Å². The number of aromatic hydroxyl groups is 1. The first-order valence-corrected chi connectivity index (χ1v) is 19.2. The van der Waals surface area contributed by atoms with Gasteiger partial charge in [-0.2, -0.15) is 18.3 Å². The van der Waals surface area contributed by atoms with Crippen molar-refractivity contribution in [1.29, 1.82) is 0 Å². The highest BCUT2D eigenvalue weighted by atomic mass is 32.2. The summed E-state index contributed by atoms with van der Waals surface area (Å²) in [5.74, 6) is -0.476. The molecule has 3 N–H and O–H groups in total. The predicted octanol–water partition coefficient (Wildman–Crippen LogP) is 6.82. The van der Waals surface area contributed by atoms with Crippen LogP contribution in [0.5, 0.6) is 5.75 Å². The Bertz CT molecular complexity index is 2170. The van der Waals surface area contributed by atoms with Crippen LogP contribution in [0, 0.1) is 6.92 Å². The van der Waals surface area contributed by atoms with E-state index >= 15 is 0 Å². The number of amides is 1. The lowest BCUT2D eigenvalue weighted by Crippen LogP contribution is -2.46. The minimum absolute atomic E-state index is 0.0432. The molecule has 1 fully saturated rings. The monoisotopic (exact) mass is 762 g/mol. The molecule has 0 radical (unpaired) electrons. The lowest BCUT2D eigenvalue weighted by molar-refractivity contribution is -0.137. The second kappa shape index (κ2) is 16.3. The largest absolute Gasteiger partial charge is 0.508 e. The lowest BCUT2D eigenvalue weighted by Gasteiger charge is -2.37. The van der Waals surface area contributed by atoms with E-state index in [1.165, 1.54) is 36.2 Å². The number of phenols is 1. The number of carbonyl (C=O) groups excluding carboxylic acids is 1. The maximum Gasteiger partial charge on any atom is 0.418 e. The van der Waals surface area contributed by atoms with Crippen molar-refractivity contribution in [2.75, 3.05) is 48.7 Å². The summed E-state index contributed by atoms with van der Waals surface area (Å²) in [6.45, 7) is 4.41. The Morgan fingerprint density at radius 3 is 2.38 bits per heavy atom. The van der Waals surface area contributed by atoms with Gasteiger partial charge < -0.3 is 15.3 Å². The molecule has 1 amide bonds. The van der Waals surface area contributed by atoms with Gasteiger partial charge in [0.15, 0.2) is 5.69 Å². The Labute approximate surface area is 310 Å². The molecule has 10 nitrogen and oxygen atoms in total. The quantitative estimate of drug-likeness (QED) is 0.0921. The summed E-state index contributed by atoms with van der Waals surface area (Å²) in [6, 6.07) is 27.1. The van der Waals surface area contributed by atoms with Gasteiger partial charge in [0.1, 0.15) is 10.6 Å². The molecule has 1 saturated heterocycles. The fourth-order valence-electron chi connectivity index (χ4n) is 6.16. The zero-order valence-corrected chi connectivity index (χ0v) is 30.3. The molecule has 53 heavy (non-hydrogen) atoms. The van der Waals surface area contributed by atoms with Crippen LogP contribution in [-0.2, 0) is 22.7 Å². The Morgan fingerprint density at radius 2 is 1.70 bits per heavy atom. The smallest absolute Gasteiger partial charge is 0.418 e. The van der Waals surface area contributed by atoms with Gasteiger partial charge in [0.25, 0.3) is 15.9 Å². The number of piperazine rings is 1. The molecule has 1 aromatic heterocycles. The van der Waals surface area contributed by atoms with Crippen molar-refractivity contribution in [3.63, 3.8) is 0 Å². The van der Waals surface area contributed by atoms with Crippen LogP contribution in [0.25, 0.3) is 11.1 Å². The maximum absolute atomic E-state index is 14.5. The molecule has 5 aromatic rings. The third-order valence-corrected chi connectivity index (χ3v) is 11.1. The normalized spacial score (nSPS) is 13.8. The van der Waals surface area contributed by atoms with Crippen molar-refractivity contribution in [2.45, 2.75) is 29.4 Å². The predicted molar refractivity (Wildman–Crippen MR) is 200 cm³/mol. The molecule has 0 spiro atoms. The van der Waals surface area contributed by atoms with Crippen LogP contribution in [0.15, 0.2) is 113 Å². The van der Waals surface area contributed by atoms with E-state index in [-0.39, 0.29) is 29.4 Å². The highest BCUT2D eigenvalue weighted by Crippen LogP contribution is 2.41. The molecular weight excluding hydrogens is 726 g/mol. The number of carbonyl (C=O) groups is 1.